The van der Waals surface area contributed by atoms with Crippen molar-refractivity contribution in [1.29, 1.82) is 0 Å². The maximum absolute atomic E-state index is 12.3. The van der Waals surface area contributed by atoms with Gasteiger partial charge in [0.2, 0.25) is 5.91 Å². The number of nitrogens with one attached hydrogen (secondary N) is 2. The number of imidazole rings is 2. The van der Waals surface area contributed by atoms with Crippen molar-refractivity contribution in [2.24, 2.45) is 0 Å². The van der Waals surface area contributed by atoms with Crippen molar-refractivity contribution in [1.82, 2.24) is 24.8 Å². The molecule has 1 saturated carbocycles. The molecule has 1 aromatic carbocycles. The van der Waals surface area contributed by atoms with Crippen LogP contribution in [0.15, 0.2) is 36.8 Å². The van der Waals surface area contributed by atoms with Crippen LogP contribution in [0.3, 0.4) is 0 Å². The van der Waals surface area contributed by atoms with E-state index < -0.39 is 0 Å². The van der Waals surface area contributed by atoms with Crippen LogP contribution in [0.1, 0.15) is 30.3 Å². The van der Waals surface area contributed by atoms with Crippen LogP contribution in [0.25, 0.3) is 11.0 Å². The molecule has 6 heteroatoms. The maximum atomic E-state index is 12.3. The molecule has 2 N–H and O–H groups in total. The van der Waals surface area contributed by atoms with E-state index in [0.717, 1.165) is 29.0 Å². The first-order chi connectivity index (χ1) is 11.3. The van der Waals surface area contributed by atoms with Gasteiger partial charge >= 0.3 is 0 Å². The van der Waals surface area contributed by atoms with Gasteiger partial charge in [-0.2, -0.15) is 0 Å². The first-order valence-electron chi connectivity index (χ1n) is 8.00. The lowest BCUT2D eigenvalue weighted by molar-refractivity contribution is -0.121. The molecular weight excluding hydrogens is 290 g/mol. The summed E-state index contributed by atoms with van der Waals surface area (Å²) in [6, 6.07) is 8.02. The molecule has 0 saturated heterocycles. The van der Waals surface area contributed by atoms with Gasteiger partial charge in [0, 0.05) is 30.8 Å². The number of fused-ring (bicyclic) bond motifs is 1. The summed E-state index contributed by atoms with van der Waals surface area (Å²) in [7, 11) is 0. The highest BCUT2D eigenvalue weighted by Gasteiger charge is 2.30. The van der Waals surface area contributed by atoms with E-state index in [-0.39, 0.29) is 5.91 Å². The highest BCUT2D eigenvalue weighted by atomic mass is 16.1. The Morgan fingerprint density at radius 3 is 3.00 bits per heavy atom. The summed E-state index contributed by atoms with van der Waals surface area (Å²) in [6.07, 6.45) is 6.53. The van der Waals surface area contributed by atoms with Crippen LogP contribution in [0.2, 0.25) is 0 Å². The summed E-state index contributed by atoms with van der Waals surface area (Å²) in [5.74, 6) is 1.59. The van der Waals surface area contributed by atoms with Gasteiger partial charge in [0.05, 0.1) is 17.4 Å². The third kappa shape index (κ3) is 2.97. The zero-order valence-electron chi connectivity index (χ0n) is 12.8. The fourth-order valence-corrected chi connectivity index (χ4v) is 2.87. The Bertz CT molecular complexity index is 817. The number of aromatic amines is 1. The lowest BCUT2D eigenvalue weighted by atomic mass is 10.3. The van der Waals surface area contributed by atoms with E-state index in [2.05, 4.69) is 19.9 Å². The molecule has 0 aliphatic heterocycles. The van der Waals surface area contributed by atoms with E-state index in [4.69, 9.17) is 4.98 Å². The minimum absolute atomic E-state index is 0.0227. The van der Waals surface area contributed by atoms with E-state index >= 15 is 0 Å². The Balaban J connectivity index is 1.46. The standard InChI is InChI=1S/C17H19N5O/c23-16(19-8-7-13-9-18-11-20-13)10-22-15-4-2-1-3-14(15)21-17(22)12-5-6-12/h1-4,9,11-12H,5-8,10H2,(H,18,20)(H,19,23). The van der Waals surface area contributed by atoms with Crippen LogP contribution in [0.5, 0.6) is 0 Å². The van der Waals surface area contributed by atoms with Gasteiger partial charge in [-0.15, -0.1) is 0 Å². The number of para-hydroxylation sites is 2. The molecule has 0 unspecified atom stereocenters. The van der Waals surface area contributed by atoms with Gasteiger partial charge in [0.1, 0.15) is 12.4 Å². The van der Waals surface area contributed by atoms with E-state index in [1.165, 1.54) is 12.8 Å². The molecule has 1 aliphatic carbocycles. The fraction of sp³-hybridized carbons (Fsp3) is 0.353. The van der Waals surface area contributed by atoms with Crippen molar-refractivity contribution >= 4 is 16.9 Å². The summed E-state index contributed by atoms with van der Waals surface area (Å²) in [6.45, 7) is 0.932. The summed E-state index contributed by atoms with van der Waals surface area (Å²) < 4.78 is 2.07. The van der Waals surface area contributed by atoms with Gasteiger partial charge in [-0.25, -0.2) is 9.97 Å². The largest absolute Gasteiger partial charge is 0.354 e. The summed E-state index contributed by atoms with van der Waals surface area (Å²) >= 11 is 0. The Labute approximate surface area is 133 Å². The molecule has 2 heterocycles. The van der Waals surface area contributed by atoms with Crippen LogP contribution in [0, 0.1) is 0 Å². The van der Waals surface area contributed by atoms with E-state index in [9.17, 15) is 4.79 Å². The lowest BCUT2D eigenvalue weighted by Crippen LogP contribution is -2.30. The minimum Gasteiger partial charge on any atom is -0.354 e. The molecule has 0 radical (unpaired) electrons. The monoisotopic (exact) mass is 309 g/mol. The molecular formula is C17H19N5O. The quantitative estimate of drug-likeness (QED) is 0.731. The zero-order valence-corrected chi connectivity index (χ0v) is 12.8. The van der Waals surface area contributed by atoms with Gasteiger partial charge in [0.15, 0.2) is 0 Å². The van der Waals surface area contributed by atoms with E-state index in [1.54, 1.807) is 12.5 Å². The van der Waals surface area contributed by atoms with Crippen LogP contribution < -0.4 is 5.32 Å². The number of benzene rings is 1. The first-order valence-corrected chi connectivity index (χ1v) is 8.00. The molecule has 0 bridgehead atoms. The SMILES string of the molecule is O=C(Cn1c(C2CC2)nc2ccccc21)NCCc1cnc[nH]1. The number of H-pyrrole nitrogens is 1. The molecule has 1 fully saturated rings. The first kappa shape index (κ1) is 14.0. The number of aromatic nitrogens is 4. The maximum Gasteiger partial charge on any atom is 0.240 e. The molecule has 4 rings (SSSR count). The summed E-state index contributed by atoms with van der Waals surface area (Å²) in [4.78, 5) is 24.0. The Hall–Kier alpha value is -2.63. The molecule has 3 aromatic rings. The molecule has 23 heavy (non-hydrogen) atoms. The van der Waals surface area contributed by atoms with Crippen LogP contribution in [-0.4, -0.2) is 32.0 Å². The van der Waals surface area contributed by atoms with Crippen molar-refractivity contribution in [3.63, 3.8) is 0 Å². The van der Waals surface area contributed by atoms with Crippen LogP contribution in [0.4, 0.5) is 0 Å². The number of rotatable bonds is 6. The van der Waals surface area contributed by atoms with Crippen LogP contribution >= 0.6 is 0 Å². The predicted octanol–water partition coefficient (Wildman–Crippen LogP) is 2.00. The Kier molecular flexibility index (Phi) is 3.57. The third-order valence-corrected chi connectivity index (χ3v) is 4.20. The number of carbonyl (C=O) groups excluding carboxylic acids is 1. The smallest absolute Gasteiger partial charge is 0.240 e. The second-order valence-corrected chi connectivity index (χ2v) is 6.00. The summed E-state index contributed by atoms with van der Waals surface area (Å²) in [5, 5.41) is 2.98. The highest BCUT2D eigenvalue weighted by molar-refractivity contribution is 5.81. The van der Waals surface area contributed by atoms with E-state index in [0.29, 0.717) is 19.0 Å². The van der Waals surface area contributed by atoms with Crippen molar-refractivity contribution in [3.8, 4) is 0 Å². The fourth-order valence-electron chi connectivity index (χ4n) is 2.87. The van der Waals surface area contributed by atoms with Gasteiger partial charge in [-0.3, -0.25) is 4.79 Å². The second kappa shape index (κ2) is 5.87. The number of hydrogen-bond donors (Lipinski definition) is 2. The molecule has 0 atom stereocenters. The number of hydrogen-bond acceptors (Lipinski definition) is 3. The molecule has 2 aromatic heterocycles. The van der Waals surface area contributed by atoms with Crippen molar-refractivity contribution in [3.05, 3.63) is 48.3 Å². The van der Waals surface area contributed by atoms with Crippen molar-refractivity contribution in [2.45, 2.75) is 31.7 Å². The third-order valence-electron chi connectivity index (χ3n) is 4.20. The number of nitrogens with zero attached hydrogens (tertiary/aromatic N) is 3. The van der Waals surface area contributed by atoms with Gasteiger partial charge in [-0.1, -0.05) is 12.1 Å². The number of amides is 1. The Morgan fingerprint density at radius 1 is 1.35 bits per heavy atom. The van der Waals surface area contributed by atoms with Gasteiger partial charge in [-0.05, 0) is 25.0 Å². The molecule has 118 valence electrons. The molecule has 0 spiro atoms. The highest BCUT2D eigenvalue weighted by Crippen LogP contribution is 2.40. The molecule has 1 aliphatic rings. The van der Waals surface area contributed by atoms with Gasteiger partial charge in [0.25, 0.3) is 0 Å². The average Bonchev–Trinajstić information content (AvgIpc) is 3.15. The van der Waals surface area contributed by atoms with E-state index in [1.807, 2.05) is 24.3 Å². The topological polar surface area (TPSA) is 75.6 Å². The second-order valence-electron chi connectivity index (χ2n) is 6.00. The average molecular weight is 309 g/mol. The molecule has 6 nitrogen and oxygen atoms in total. The van der Waals surface area contributed by atoms with Crippen molar-refractivity contribution in [2.75, 3.05) is 6.54 Å². The van der Waals surface area contributed by atoms with Crippen molar-refractivity contribution < 1.29 is 4.79 Å². The van der Waals surface area contributed by atoms with Crippen LogP contribution in [-0.2, 0) is 17.8 Å². The lowest BCUT2D eigenvalue weighted by Gasteiger charge is -2.09. The minimum atomic E-state index is 0.0227. The Morgan fingerprint density at radius 2 is 2.22 bits per heavy atom. The molecule has 1 amide bonds. The predicted molar refractivity (Wildman–Crippen MR) is 87.0 cm³/mol. The summed E-state index contributed by atoms with van der Waals surface area (Å²) in [5.41, 5.74) is 3.04. The normalized spacial score (nSPS) is 14.3. The van der Waals surface area contributed by atoms with Gasteiger partial charge < -0.3 is 14.9 Å². The zero-order chi connectivity index (χ0) is 15.6. The number of carbonyl (C=O) groups is 1.